The van der Waals surface area contributed by atoms with E-state index >= 15 is 0 Å². The normalized spacial score (nSPS) is 14.9. The molecular formula is C23H25FN4O. The fourth-order valence-electron chi connectivity index (χ4n) is 3.97. The first-order chi connectivity index (χ1) is 14.0. The van der Waals surface area contributed by atoms with Gasteiger partial charge in [-0.2, -0.15) is 0 Å². The number of hydrogen-bond donors (Lipinski definition) is 0. The van der Waals surface area contributed by atoms with Gasteiger partial charge in [-0.1, -0.05) is 6.07 Å². The number of hydrogen-bond acceptors (Lipinski definition) is 3. The molecule has 0 spiro atoms. The van der Waals surface area contributed by atoms with Crippen LogP contribution in [0.3, 0.4) is 0 Å². The quantitative estimate of drug-likeness (QED) is 0.681. The molecule has 1 aliphatic rings. The number of aryl methyl sites for hydroxylation is 1. The van der Waals surface area contributed by atoms with Gasteiger partial charge in [0.2, 0.25) is 0 Å². The number of piperazine rings is 1. The lowest BCUT2D eigenvalue weighted by molar-refractivity contribution is 0.0626. The summed E-state index contributed by atoms with van der Waals surface area (Å²) < 4.78 is 15.3. The van der Waals surface area contributed by atoms with Gasteiger partial charge in [-0.05, 0) is 56.3 Å². The average molecular weight is 392 g/mol. The molecule has 4 rings (SSSR count). The van der Waals surface area contributed by atoms with Crippen LogP contribution >= 0.6 is 0 Å². The maximum absolute atomic E-state index is 13.3. The van der Waals surface area contributed by atoms with Gasteiger partial charge in [0.05, 0.1) is 11.3 Å². The van der Waals surface area contributed by atoms with Crippen LogP contribution in [0.2, 0.25) is 0 Å². The highest BCUT2D eigenvalue weighted by Gasteiger charge is 2.25. The van der Waals surface area contributed by atoms with E-state index in [0.29, 0.717) is 18.7 Å². The standard InChI is InChI=1S/C23H25FN4O/c1-17-15-22(18(2)28(17)21-8-6-19(24)7-9-21)23(29)27-13-11-26(12-14-27)16-20-5-3-4-10-25-20/h3-10,15H,11-14,16H2,1-2H3. The minimum absolute atomic E-state index is 0.0592. The zero-order chi connectivity index (χ0) is 20.4. The van der Waals surface area contributed by atoms with Gasteiger partial charge in [0.15, 0.2) is 0 Å². The number of amides is 1. The van der Waals surface area contributed by atoms with Gasteiger partial charge in [-0.25, -0.2) is 4.39 Å². The highest BCUT2D eigenvalue weighted by atomic mass is 19.1. The lowest BCUT2D eigenvalue weighted by Gasteiger charge is -2.34. The molecule has 0 unspecified atom stereocenters. The molecule has 0 saturated carbocycles. The molecule has 1 aromatic carbocycles. The lowest BCUT2D eigenvalue weighted by atomic mass is 10.2. The van der Waals surface area contributed by atoms with Gasteiger partial charge in [-0.15, -0.1) is 0 Å². The van der Waals surface area contributed by atoms with Crippen LogP contribution in [0.5, 0.6) is 0 Å². The van der Waals surface area contributed by atoms with E-state index in [1.54, 1.807) is 12.1 Å². The first-order valence-electron chi connectivity index (χ1n) is 9.89. The smallest absolute Gasteiger partial charge is 0.255 e. The molecule has 5 nitrogen and oxygen atoms in total. The monoisotopic (exact) mass is 392 g/mol. The van der Waals surface area contributed by atoms with Crippen molar-refractivity contribution in [3.63, 3.8) is 0 Å². The van der Waals surface area contributed by atoms with Crippen LogP contribution in [0, 0.1) is 19.7 Å². The summed E-state index contributed by atoms with van der Waals surface area (Å²) in [6.07, 6.45) is 1.81. The Labute approximate surface area is 170 Å². The van der Waals surface area contributed by atoms with Crippen molar-refractivity contribution >= 4 is 5.91 Å². The second-order valence-corrected chi connectivity index (χ2v) is 7.49. The van der Waals surface area contributed by atoms with Crippen LogP contribution in [-0.2, 0) is 6.54 Å². The summed E-state index contributed by atoms with van der Waals surface area (Å²) in [5.41, 5.74) is 4.47. The van der Waals surface area contributed by atoms with Gasteiger partial charge in [-0.3, -0.25) is 14.7 Å². The van der Waals surface area contributed by atoms with E-state index in [9.17, 15) is 9.18 Å². The maximum Gasteiger partial charge on any atom is 0.255 e. The maximum atomic E-state index is 13.3. The Bertz CT molecular complexity index is 990. The van der Waals surface area contributed by atoms with Crippen LogP contribution in [0.1, 0.15) is 27.4 Å². The second-order valence-electron chi connectivity index (χ2n) is 7.49. The molecular weight excluding hydrogens is 367 g/mol. The van der Waals surface area contributed by atoms with Crippen molar-refractivity contribution in [2.24, 2.45) is 0 Å². The molecule has 2 aromatic heterocycles. The number of pyridine rings is 1. The summed E-state index contributed by atoms with van der Waals surface area (Å²) in [4.78, 5) is 21.8. The predicted octanol–water partition coefficient (Wildman–Crippen LogP) is 3.59. The molecule has 3 heterocycles. The highest BCUT2D eigenvalue weighted by molar-refractivity contribution is 5.96. The molecule has 1 aliphatic heterocycles. The first-order valence-corrected chi connectivity index (χ1v) is 9.89. The average Bonchev–Trinajstić information content (AvgIpc) is 3.04. The molecule has 150 valence electrons. The van der Waals surface area contributed by atoms with Crippen LogP contribution in [0.15, 0.2) is 54.7 Å². The van der Waals surface area contributed by atoms with Crippen molar-refractivity contribution in [1.82, 2.24) is 19.4 Å². The Morgan fingerprint density at radius 1 is 1.03 bits per heavy atom. The van der Waals surface area contributed by atoms with E-state index in [0.717, 1.165) is 42.4 Å². The number of halogens is 1. The Morgan fingerprint density at radius 2 is 1.76 bits per heavy atom. The fraction of sp³-hybridized carbons (Fsp3) is 0.304. The number of carbonyl (C=O) groups excluding carboxylic acids is 1. The molecule has 1 saturated heterocycles. The number of rotatable bonds is 4. The largest absolute Gasteiger partial charge is 0.336 e. The number of aromatic nitrogens is 2. The highest BCUT2D eigenvalue weighted by Crippen LogP contribution is 2.23. The summed E-state index contributed by atoms with van der Waals surface area (Å²) in [7, 11) is 0. The third-order valence-corrected chi connectivity index (χ3v) is 5.52. The van der Waals surface area contributed by atoms with E-state index in [1.165, 1.54) is 12.1 Å². The summed E-state index contributed by atoms with van der Waals surface area (Å²) in [5, 5.41) is 0. The summed E-state index contributed by atoms with van der Waals surface area (Å²) in [6.45, 7) is 7.79. The number of nitrogens with zero attached hydrogens (tertiary/aromatic N) is 4. The summed E-state index contributed by atoms with van der Waals surface area (Å²) in [5.74, 6) is -0.208. The zero-order valence-electron chi connectivity index (χ0n) is 16.8. The Hall–Kier alpha value is -2.99. The third kappa shape index (κ3) is 4.07. The van der Waals surface area contributed by atoms with Gasteiger partial charge in [0.1, 0.15) is 5.82 Å². The van der Waals surface area contributed by atoms with Gasteiger partial charge in [0.25, 0.3) is 5.91 Å². The van der Waals surface area contributed by atoms with Gasteiger partial charge < -0.3 is 9.47 Å². The topological polar surface area (TPSA) is 41.4 Å². The zero-order valence-corrected chi connectivity index (χ0v) is 16.8. The van der Waals surface area contributed by atoms with E-state index in [-0.39, 0.29) is 11.7 Å². The van der Waals surface area contributed by atoms with Crippen molar-refractivity contribution < 1.29 is 9.18 Å². The van der Waals surface area contributed by atoms with E-state index in [1.807, 2.05) is 53.8 Å². The van der Waals surface area contributed by atoms with E-state index in [2.05, 4.69) is 9.88 Å². The molecule has 1 fully saturated rings. The second kappa shape index (κ2) is 8.17. The Morgan fingerprint density at radius 3 is 2.41 bits per heavy atom. The van der Waals surface area contributed by atoms with Crippen LogP contribution < -0.4 is 0 Å². The van der Waals surface area contributed by atoms with Crippen LogP contribution in [-0.4, -0.2) is 51.4 Å². The molecule has 3 aromatic rings. The minimum atomic E-state index is -0.268. The molecule has 1 amide bonds. The molecule has 0 atom stereocenters. The van der Waals surface area contributed by atoms with Crippen LogP contribution in [0.4, 0.5) is 4.39 Å². The number of carbonyl (C=O) groups is 1. The lowest BCUT2D eigenvalue weighted by Crippen LogP contribution is -2.48. The predicted molar refractivity (Wildman–Crippen MR) is 111 cm³/mol. The third-order valence-electron chi connectivity index (χ3n) is 5.52. The summed E-state index contributed by atoms with van der Waals surface area (Å²) >= 11 is 0. The van der Waals surface area contributed by atoms with Gasteiger partial charge >= 0.3 is 0 Å². The molecule has 0 radical (unpaired) electrons. The minimum Gasteiger partial charge on any atom is -0.336 e. The molecule has 6 heteroatoms. The van der Waals surface area contributed by atoms with Crippen molar-refractivity contribution in [1.29, 1.82) is 0 Å². The SMILES string of the molecule is Cc1cc(C(=O)N2CCN(Cc3ccccn3)CC2)c(C)n1-c1ccc(F)cc1. The Kier molecular flexibility index (Phi) is 5.45. The van der Waals surface area contributed by atoms with E-state index < -0.39 is 0 Å². The molecule has 29 heavy (non-hydrogen) atoms. The van der Waals surface area contributed by atoms with Crippen molar-refractivity contribution in [2.75, 3.05) is 26.2 Å². The van der Waals surface area contributed by atoms with Crippen LogP contribution in [0.25, 0.3) is 5.69 Å². The Balaban J connectivity index is 1.45. The number of benzene rings is 1. The first kappa shape index (κ1) is 19.3. The summed E-state index contributed by atoms with van der Waals surface area (Å²) in [6, 6.07) is 14.2. The van der Waals surface area contributed by atoms with Gasteiger partial charge in [0, 0.05) is 56.0 Å². The molecule has 0 aliphatic carbocycles. The van der Waals surface area contributed by atoms with Crippen molar-refractivity contribution in [3.8, 4) is 5.69 Å². The molecule has 0 N–H and O–H groups in total. The fourth-order valence-corrected chi connectivity index (χ4v) is 3.97. The van der Waals surface area contributed by atoms with Crippen molar-refractivity contribution in [2.45, 2.75) is 20.4 Å². The van der Waals surface area contributed by atoms with E-state index in [4.69, 9.17) is 0 Å². The van der Waals surface area contributed by atoms with Crippen molar-refractivity contribution in [3.05, 3.63) is 83.2 Å². The molecule has 0 bridgehead atoms.